The van der Waals surface area contributed by atoms with Crippen molar-refractivity contribution in [3.8, 4) is 11.5 Å². The molecular formula is C32H40ClNO3. The molecule has 5 atom stereocenters. The van der Waals surface area contributed by atoms with Gasteiger partial charge in [-0.2, -0.15) is 0 Å². The Morgan fingerprint density at radius 3 is 2.68 bits per heavy atom. The van der Waals surface area contributed by atoms with Crippen LogP contribution in [0.1, 0.15) is 68.6 Å². The molecule has 2 aromatic carbocycles. The number of carbonyl (C=O) groups excluding carboxylic acids is 1. The van der Waals surface area contributed by atoms with Gasteiger partial charge in [0, 0.05) is 29.0 Å². The van der Waals surface area contributed by atoms with E-state index in [0.29, 0.717) is 17.7 Å². The first-order chi connectivity index (χ1) is 17.5. The molecule has 2 saturated carbocycles. The number of aryl methyl sites for hydroxylation is 1. The largest absolute Gasteiger partial charge is 0.493 e. The van der Waals surface area contributed by atoms with E-state index in [1.165, 1.54) is 36.1 Å². The lowest BCUT2D eigenvalue weighted by atomic mass is 9.47. The monoisotopic (exact) mass is 521 g/mol. The number of rotatable bonds is 8. The van der Waals surface area contributed by atoms with Crippen molar-refractivity contribution in [1.82, 2.24) is 4.90 Å². The molecule has 7 rings (SSSR count). The van der Waals surface area contributed by atoms with E-state index in [1.54, 1.807) is 7.11 Å². The summed E-state index contributed by atoms with van der Waals surface area (Å²) in [6.45, 7) is 4.59. The molecule has 0 radical (unpaired) electrons. The van der Waals surface area contributed by atoms with Gasteiger partial charge >= 0.3 is 0 Å². The van der Waals surface area contributed by atoms with Crippen molar-refractivity contribution in [3.63, 3.8) is 0 Å². The minimum absolute atomic E-state index is 0. The molecule has 5 aliphatic rings. The molecule has 0 aromatic heterocycles. The lowest BCUT2D eigenvalue weighted by Gasteiger charge is -2.60. The van der Waals surface area contributed by atoms with Crippen molar-refractivity contribution in [3.05, 3.63) is 59.2 Å². The van der Waals surface area contributed by atoms with Crippen LogP contribution >= 0.6 is 12.4 Å². The number of halogens is 1. The number of likely N-dealkylation sites (tertiary alicyclic amines) is 1. The number of carbonyl (C=O) groups is 1. The summed E-state index contributed by atoms with van der Waals surface area (Å²) >= 11 is 0. The van der Waals surface area contributed by atoms with E-state index in [-0.39, 0.29) is 29.3 Å². The van der Waals surface area contributed by atoms with Crippen LogP contribution in [-0.2, 0) is 23.1 Å². The van der Waals surface area contributed by atoms with E-state index in [2.05, 4.69) is 54.3 Å². The Bertz CT molecular complexity index is 1180. The zero-order valence-electron chi connectivity index (χ0n) is 22.2. The first kappa shape index (κ1) is 25.2. The number of benzene rings is 2. The van der Waals surface area contributed by atoms with Crippen LogP contribution in [0.2, 0.25) is 0 Å². The van der Waals surface area contributed by atoms with Gasteiger partial charge in [-0.15, -0.1) is 12.4 Å². The maximum absolute atomic E-state index is 14.3. The second-order valence-corrected chi connectivity index (χ2v) is 12.6. The summed E-state index contributed by atoms with van der Waals surface area (Å²) in [5, 5.41) is 0. The van der Waals surface area contributed by atoms with Gasteiger partial charge in [-0.1, -0.05) is 49.7 Å². The van der Waals surface area contributed by atoms with Crippen molar-refractivity contribution in [2.24, 2.45) is 17.3 Å². The number of ether oxygens (including phenoxy) is 2. The number of methoxy groups -OCH3 is 1. The second kappa shape index (κ2) is 9.31. The Morgan fingerprint density at radius 2 is 1.92 bits per heavy atom. The molecule has 1 spiro atoms. The predicted octanol–water partition coefficient (Wildman–Crippen LogP) is 6.16. The molecule has 2 aliphatic heterocycles. The van der Waals surface area contributed by atoms with Crippen LogP contribution in [0.3, 0.4) is 0 Å². The molecule has 4 nitrogen and oxygen atoms in total. The molecule has 37 heavy (non-hydrogen) atoms. The molecular weight excluding hydrogens is 482 g/mol. The van der Waals surface area contributed by atoms with E-state index >= 15 is 0 Å². The molecule has 2 bridgehead atoms. The molecule has 3 aliphatic carbocycles. The summed E-state index contributed by atoms with van der Waals surface area (Å²) in [4.78, 5) is 17.1. The van der Waals surface area contributed by atoms with Crippen molar-refractivity contribution in [2.45, 2.75) is 82.3 Å². The van der Waals surface area contributed by atoms with Gasteiger partial charge in [-0.3, -0.25) is 9.69 Å². The molecule has 198 valence electrons. The average Bonchev–Trinajstić information content (AvgIpc) is 3.64. The Hall–Kier alpha value is -2.04. The summed E-state index contributed by atoms with van der Waals surface area (Å²) in [6.07, 6.45) is 9.80. The highest BCUT2D eigenvalue weighted by Gasteiger charge is 2.69. The number of nitrogens with zero attached hydrogens (tertiary/aromatic N) is 1. The number of hydrogen-bond donors (Lipinski definition) is 0. The third kappa shape index (κ3) is 3.85. The van der Waals surface area contributed by atoms with Gasteiger partial charge in [0.15, 0.2) is 23.4 Å². The molecule has 5 heteroatoms. The van der Waals surface area contributed by atoms with Crippen molar-refractivity contribution >= 4 is 18.2 Å². The van der Waals surface area contributed by atoms with Gasteiger partial charge in [-0.05, 0) is 86.9 Å². The predicted molar refractivity (Wildman–Crippen MR) is 148 cm³/mol. The molecule has 3 fully saturated rings. The lowest BCUT2D eigenvalue weighted by molar-refractivity contribution is -0.155. The van der Waals surface area contributed by atoms with Gasteiger partial charge < -0.3 is 9.47 Å². The number of unbranched alkanes of at least 4 members (excludes halogenated alkanes) is 1. The molecule has 2 aromatic rings. The van der Waals surface area contributed by atoms with Crippen LogP contribution in [0.15, 0.2) is 42.5 Å². The Morgan fingerprint density at radius 1 is 1.11 bits per heavy atom. The number of ketones is 1. The SMILES string of the molecule is COc1ccc2c3c1OC1C(=O)[C@](C)(CCCCc4ccccc4)CC4C(C2)N(CC2CC2)CCC314.Cl. The van der Waals surface area contributed by atoms with E-state index < -0.39 is 0 Å². The van der Waals surface area contributed by atoms with Crippen molar-refractivity contribution in [1.29, 1.82) is 0 Å². The summed E-state index contributed by atoms with van der Waals surface area (Å²) in [7, 11) is 1.72. The Balaban J connectivity index is 0.00000252. The minimum atomic E-state index is -0.355. The van der Waals surface area contributed by atoms with Gasteiger partial charge in [0.1, 0.15) is 0 Å². The maximum Gasteiger partial charge on any atom is 0.180 e. The smallest absolute Gasteiger partial charge is 0.180 e. The summed E-state index contributed by atoms with van der Waals surface area (Å²) in [5.41, 5.74) is 3.64. The minimum Gasteiger partial charge on any atom is -0.493 e. The number of hydrogen-bond acceptors (Lipinski definition) is 4. The quantitative estimate of drug-likeness (QED) is 0.390. The average molecular weight is 522 g/mol. The molecule has 0 amide bonds. The summed E-state index contributed by atoms with van der Waals surface area (Å²) in [6, 6.07) is 15.6. The molecule has 0 N–H and O–H groups in total. The van der Waals surface area contributed by atoms with Crippen LogP contribution < -0.4 is 9.47 Å². The Labute approximate surface area is 227 Å². The molecule has 4 unspecified atom stereocenters. The van der Waals surface area contributed by atoms with E-state index in [9.17, 15) is 4.79 Å². The fourth-order valence-corrected chi connectivity index (χ4v) is 8.41. The zero-order valence-corrected chi connectivity index (χ0v) is 23.0. The van der Waals surface area contributed by atoms with Crippen LogP contribution in [0.5, 0.6) is 11.5 Å². The first-order valence-electron chi connectivity index (χ1n) is 14.2. The standard InChI is InChI=1S/C32H39NO3.ClH/c1-31(15-7-6-10-21-8-4-3-5-9-21)19-24-25-18-23-13-14-26(35-2)28-27(23)32(24,30(36-28)29(31)34)16-17-33(25)20-22-11-12-22;/h3-5,8-9,13-14,22,24-25,30H,6-7,10-12,15-20H2,1-2H3;1H/t24?,25?,30?,31-,32?;/m1./s1. The van der Waals surface area contributed by atoms with Crippen LogP contribution in [-0.4, -0.2) is 43.0 Å². The van der Waals surface area contributed by atoms with Gasteiger partial charge in [0.05, 0.1) is 7.11 Å². The maximum atomic E-state index is 14.3. The zero-order chi connectivity index (χ0) is 24.5. The third-order valence-corrected chi connectivity index (χ3v) is 10.4. The van der Waals surface area contributed by atoms with E-state index in [0.717, 1.165) is 68.9 Å². The van der Waals surface area contributed by atoms with Crippen LogP contribution in [0.25, 0.3) is 0 Å². The van der Waals surface area contributed by atoms with Gasteiger partial charge in [0.25, 0.3) is 0 Å². The van der Waals surface area contributed by atoms with Crippen molar-refractivity contribution in [2.75, 3.05) is 20.2 Å². The summed E-state index contributed by atoms with van der Waals surface area (Å²) < 4.78 is 12.5. The highest BCUT2D eigenvalue weighted by atomic mass is 35.5. The Kier molecular flexibility index (Phi) is 6.35. The van der Waals surface area contributed by atoms with Gasteiger partial charge in [-0.25, -0.2) is 0 Å². The molecule has 1 saturated heterocycles. The summed E-state index contributed by atoms with van der Waals surface area (Å²) in [5.74, 6) is 3.39. The fraction of sp³-hybridized carbons (Fsp3) is 0.594. The fourth-order valence-electron chi connectivity index (χ4n) is 8.41. The highest BCUT2D eigenvalue weighted by molar-refractivity contribution is 5.93. The topological polar surface area (TPSA) is 38.8 Å². The number of Topliss-reactive ketones (excluding diaryl/α,β-unsaturated/α-hetero) is 1. The van der Waals surface area contributed by atoms with Crippen molar-refractivity contribution < 1.29 is 14.3 Å². The van der Waals surface area contributed by atoms with Crippen LogP contribution in [0.4, 0.5) is 0 Å². The highest BCUT2D eigenvalue weighted by Crippen LogP contribution is 2.66. The second-order valence-electron chi connectivity index (χ2n) is 12.6. The normalized spacial score (nSPS) is 33.4. The molecule has 2 heterocycles. The van der Waals surface area contributed by atoms with E-state index in [1.807, 2.05) is 0 Å². The third-order valence-electron chi connectivity index (χ3n) is 10.4. The number of piperidine rings is 1. The lowest BCUT2D eigenvalue weighted by Crippen LogP contribution is -2.69. The van der Waals surface area contributed by atoms with Gasteiger partial charge in [0.2, 0.25) is 0 Å². The van der Waals surface area contributed by atoms with E-state index in [4.69, 9.17) is 9.47 Å². The first-order valence-corrected chi connectivity index (χ1v) is 14.2. The van der Waals surface area contributed by atoms with Crippen LogP contribution in [0, 0.1) is 17.3 Å².